The van der Waals surface area contributed by atoms with Crippen LogP contribution in [-0.2, 0) is 4.79 Å². The van der Waals surface area contributed by atoms with Gasteiger partial charge in [-0.25, -0.2) is 0 Å². The van der Waals surface area contributed by atoms with Crippen LogP contribution in [0.25, 0.3) is 0 Å². The molecule has 3 nitrogen and oxygen atoms in total. The second-order valence-electron chi connectivity index (χ2n) is 3.31. The Bertz CT molecular complexity index is 235. The molecule has 0 saturated heterocycles. The van der Waals surface area contributed by atoms with Crippen LogP contribution < -0.4 is 10.6 Å². The molecule has 1 aliphatic carbocycles. The highest BCUT2D eigenvalue weighted by Crippen LogP contribution is 2.18. The number of amides is 1. The molecule has 1 aliphatic rings. The highest BCUT2D eigenvalue weighted by molar-refractivity contribution is 5.81. The van der Waals surface area contributed by atoms with Gasteiger partial charge in [-0.2, -0.15) is 0 Å². The van der Waals surface area contributed by atoms with E-state index in [4.69, 9.17) is 0 Å². The summed E-state index contributed by atoms with van der Waals surface area (Å²) in [4.78, 5) is 11.4. The number of carbonyl (C=O) groups is 1. The molecule has 1 unspecified atom stereocenters. The minimum absolute atomic E-state index is 0.0837. The van der Waals surface area contributed by atoms with E-state index in [-0.39, 0.29) is 11.9 Å². The SMILES string of the molecule is CC#CCNC(C)C(=O)NC1CC1. The molecule has 72 valence electrons. The number of carbonyl (C=O) groups excluding carboxylic acids is 1. The predicted molar refractivity (Wildman–Crippen MR) is 52.1 cm³/mol. The molecule has 0 radical (unpaired) electrons. The van der Waals surface area contributed by atoms with Crippen LogP contribution in [0.5, 0.6) is 0 Å². The average Bonchev–Trinajstić information content (AvgIpc) is 2.88. The number of rotatable bonds is 4. The van der Waals surface area contributed by atoms with Gasteiger partial charge in [0.25, 0.3) is 0 Å². The van der Waals surface area contributed by atoms with Gasteiger partial charge in [-0.3, -0.25) is 10.1 Å². The molecule has 0 aliphatic heterocycles. The van der Waals surface area contributed by atoms with Crippen molar-refractivity contribution in [3.05, 3.63) is 0 Å². The van der Waals surface area contributed by atoms with Gasteiger partial charge in [0.15, 0.2) is 0 Å². The van der Waals surface area contributed by atoms with Gasteiger partial charge in [0.1, 0.15) is 0 Å². The molecule has 1 rings (SSSR count). The van der Waals surface area contributed by atoms with Gasteiger partial charge in [0, 0.05) is 6.04 Å². The minimum atomic E-state index is -0.138. The van der Waals surface area contributed by atoms with Crippen molar-refractivity contribution >= 4 is 5.91 Å². The second kappa shape index (κ2) is 4.88. The van der Waals surface area contributed by atoms with Gasteiger partial charge in [-0.05, 0) is 26.7 Å². The summed E-state index contributed by atoms with van der Waals surface area (Å²) in [5.74, 6) is 5.72. The molecule has 1 atom stereocenters. The first-order chi connectivity index (χ1) is 6.24. The van der Waals surface area contributed by atoms with Crippen LogP contribution in [-0.4, -0.2) is 24.5 Å². The summed E-state index contributed by atoms with van der Waals surface area (Å²) in [6.45, 7) is 4.22. The van der Waals surface area contributed by atoms with Crippen molar-refractivity contribution < 1.29 is 4.79 Å². The Morgan fingerprint density at radius 1 is 1.62 bits per heavy atom. The van der Waals surface area contributed by atoms with Gasteiger partial charge < -0.3 is 5.32 Å². The van der Waals surface area contributed by atoms with E-state index in [1.807, 2.05) is 6.92 Å². The molecule has 1 amide bonds. The van der Waals surface area contributed by atoms with Crippen LogP contribution in [0.2, 0.25) is 0 Å². The van der Waals surface area contributed by atoms with Crippen LogP contribution >= 0.6 is 0 Å². The fraction of sp³-hybridized carbons (Fsp3) is 0.700. The third-order valence-electron chi connectivity index (χ3n) is 1.99. The quantitative estimate of drug-likeness (QED) is 0.610. The normalized spacial score (nSPS) is 17.1. The Labute approximate surface area is 79.3 Å². The van der Waals surface area contributed by atoms with Crippen molar-refractivity contribution in [3.8, 4) is 11.8 Å². The summed E-state index contributed by atoms with van der Waals surface area (Å²) >= 11 is 0. The van der Waals surface area contributed by atoms with Crippen LogP contribution in [0.3, 0.4) is 0 Å². The zero-order valence-corrected chi connectivity index (χ0v) is 8.18. The molecule has 13 heavy (non-hydrogen) atoms. The Morgan fingerprint density at radius 3 is 2.85 bits per heavy atom. The smallest absolute Gasteiger partial charge is 0.237 e. The van der Waals surface area contributed by atoms with Crippen LogP contribution in [0.1, 0.15) is 26.7 Å². The Kier molecular flexibility index (Phi) is 3.78. The van der Waals surface area contributed by atoms with E-state index in [0.29, 0.717) is 12.6 Å². The summed E-state index contributed by atoms with van der Waals surface area (Å²) < 4.78 is 0. The van der Waals surface area contributed by atoms with E-state index in [1.54, 1.807) is 6.92 Å². The second-order valence-corrected chi connectivity index (χ2v) is 3.31. The van der Waals surface area contributed by atoms with Gasteiger partial charge in [0.2, 0.25) is 5.91 Å². The Morgan fingerprint density at radius 2 is 2.31 bits per heavy atom. The lowest BCUT2D eigenvalue weighted by Crippen LogP contribution is -2.43. The molecule has 0 bridgehead atoms. The van der Waals surface area contributed by atoms with E-state index < -0.39 is 0 Å². The summed E-state index contributed by atoms with van der Waals surface area (Å²) in [5, 5.41) is 5.96. The van der Waals surface area contributed by atoms with Crippen LogP contribution in [0, 0.1) is 11.8 Å². The lowest BCUT2D eigenvalue weighted by molar-refractivity contribution is -0.122. The highest BCUT2D eigenvalue weighted by Gasteiger charge is 2.25. The van der Waals surface area contributed by atoms with E-state index in [9.17, 15) is 4.79 Å². The first kappa shape index (κ1) is 10.1. The summed E-state index contributed by atoms with van der Waals surface area (Å²) in [6.07, 6.45) is 2.26. The summed E-state index contributed by atoms with van der Waals surface area (Å²) in [7, 11) is 0. The molecular weight excluding hydrogens is 164 g/mol. The topological polar surface area (TPSA) is 41.1 Å². The lowest BCUT2D eigenvalue weighted by Gasteiger charge is -2.11. The maximum atomic E-state index is 11.4. The monoisotopic (exact) mass is 180 g/mol. The summed E-state index contributed by atoms with van der Waals surface area (Å²) in [6, 6.07) is 0.301. The highest BCUT2D eigenvalue weighted by atomic mass is 16.2. The first-order valence-electron chi connectivity index (χ1n) is 4.67. The van der Waals surface area contributed by atoms with E-state index in [0.717, 1.165) is 12.8 Å². The molecule has 1 saturated carbocycles. The predicted octanol–water partition coefficient (Wildman–Crippen LogP) is 0.266. The average molecular weight is 180 g/mol. The molecule has 0 aromatic heterocycles. The zero-order valence-electron chi connectivity index (χ0n) is 8.18. The Hall–Kier alpha value is -1.01. The van der Waals surface area contributed by atoms with Gasteiger partial charge in [0.05, 0.1) is 12.6 Å². The van der Waals surface area contributed by atoms with Gasteiger partial charge in [-0.15, -0.1) is 5.92 Å². The fourth-order valence-electron chi connectivity index (χ4n) is 0.939. The summed E-state index contributed by atoms with van der Waals surface area (Å²) in [5.41, 5.74) is 0. The molecule has 0 aromatic carbocycles. The van der Waals surface area contributed by atoms with Gasteiger partial charge >= 0.3 is 0 Å². The largest absolute Gasteiger partial charge is 0.352 e. The molecule has 0 aromatic rings. The third-order valence-corrected chi connectivity index (χ3v) is 1.99. The zero-order chi connectivity index (χ0) is 9.68. The van der Waals surface area contributed by atoms with Crippen molar-refractivity contribution in [1.82, 2.24) is 10.6 Å². The van der Waals surface area contributed by atoms with E-state index in [2.05, 4.69) is 22.5 Å². The van der Waals surface area contributed by atoms with Crippen molar-refractivity contribution in [1.29, 1.82) is 0 Å². The van der Waals surface area contributed by atoms with Crippen molar-refractivity contribution in [3.63, 3.8) is 0 Å². The van der Waals surface area contributed by atoms with Crippen molar-refractivity contribution in [2.75, 3.05) is 6.54 Å². The maximum Gasteiger partial charge on any atom is 0.237 e. The maximum absolute atomic E-state index is 11.4. The molecule has 3 heteroatoms. The van der Waals surface area contributed by atoms with Crippen molar-refractivity contribution in [2.45, 2.75) is 38.8 Å². The standard InChI is InChI=1S/C10H16N2O/c1-3-4-7-11-8(2)10(13)12-9-5-6-9/h8-9,11H,5-7H2,1-2H3,(H,12,13). The number of hydrogen-bond donors (Lipinski definition) is 2. The van der Waals surface area contributed by atoms with E-state index in [1.165, 1.54) is 0 Å². The van der Waals surface area contributed by atoms with Crippen LogP contribution in [0.15, 0.2) is 0 Å². The van der Waals surface area contributed by atoms with Crippen LogP contribution in [0.4, 0.5) is 0 Å². The minimum Gasteiger partial charge on any atom is -0.352 e. The fourth-order valence-corrected chi connectivity index (χ4v) is 0.939. The lowest BCUT2D eigenvalue weighted by atomic mass is 10.3. The molecule has 0 heterocycles. The van der Waals surface area contributed by atoms with E-state index >= 15 is 0 Å². The number of hydrogen-bond acceptors (Lipinski definition) is 2. The molecule has 1 fully saturated rings. The third kappa shape index (κ3) is 3.95. The Balaban J connectivity index is 2.15. The molecule has 0 spiro atoms. The molecule has 2 N–H and O–H groups in total. The van der Waals surface area contributed by atoms with Gasteiger partial charge in [-0.1, -0.05) is 5.92 Å². The first-order valence-corrected chi connectivity index (χ1v) is 4.67. The molecular formula is C10H16N2O. The van der Waals surface area contributed by atoms with Crippen molar-refractivity contribution in [2.24, 2.45) is 0 Å². The number of nitrogens with one attached hydrogen (secondary N) is 2.